The van der Waals surface area contributed by atoms with Crippen LogP contribution in [-0.2, 0) is 20.9 Å². The Bertz CT molecular complexity index is 1590. The SMILES string of the molecule is CC(=O)Nc1ncc(/C=C/C(=O)N(C)Cc2oc3ccccc3c2C)cc1O.CC(=O)Nc1ncc(Br)cc1O.Cl. The number of benzene rings is 1. The van der Waals surface area contributed by atoms with E-state index in [9.17, 15) is 24.6 Å². The number of pyridine rings is 2. The van der Waals surface area contributed by atoms with Crippen LogP contribution in [0.4, 0.5) is 11.6 Å². The van der Waals surface area contributed by atoms with Crippen molar-refractivity contribution in [3.63, 3.8) is 0 Å². The topological polar surface area (TPSA) is 158 Å². The molecular formula is C28H29BrClN5O6. The van der Waals surface area contributed by atoms with Crippen molar-refractivity contribution < 1.29 is 29.0 Å². The number of nitrogens with zero attached hydrogens (tertiary/aromatic N) is 3. The van der Waals surface area contributed by atoms with E-state index < -0.39 is 0 Å². The lowest BCUT2D eigenvalue weighted by Gasteiger charge is -2.13. The first-order chi connectivity index (χ1) is 18.9. The first-order valence-corrected chi connectivity index (χ1v) is 12.7. The van der Waals surface area contributed by atoms with E-state index in [4.69, 9.17) is 4.42 Å². The fourth-order valence-electron chi connectivity index (χ4n) is 3.48. The smallest absolute Gasteiger partial charge is 0.246 e. The molecular weight excluding hydrogens is 618 g/mol. The van der Waals surface area contributed by atoms with Gasteiger partial charge in [-0.25, -0.2) is 9.97 Å². The molecule has 3 aromatic heterocycles. The van der Waals surface area contributed by atoms with E-state index in [1.807, 2.05) is 31.2 Å². The first-order valence-electron chi connectivity index (χ1n) is 11.9. The van der Waals surface area contributed by atoms with Gasteiger partial charge < -0.3 is 30.2 Å². The molecule has 0 atom stereocenters. The summed E-state index contributed by atoms with van der Waals surface area (Å²) in [5.74, 6) is -0.0478. The predicted octanol–water partition coefficient (Wildman–Crippen LogP) is 5.40. The highest BCUT2D eigenvalue weighted by Gasteiger charge is 2.14. The molecule has 41 heavy (non-hydrogen) atoms. The quantitative estimate of drug-likeness (QED) is 0.203. The molecule has 13 heteroatoms. The second-order valence-electron chi connectivity index (χ2n) is 8.69. The van der Waals surface area contributed by atoms with Gasteiger partial charge in [0, 0.05) is 54.8 Å². The summed E-state index contributed by atoms with van der Waals surface area (Å²) in [5.41, 5.74) is 2.35. The number of anilines is 2. The summed E-state index contributed by atoms with van der Waals surface area (Å²) >= 11 is 3.13. The van der Waals surface area contributed by atoms with Gasteiger partial charge in [-0.3, -0.25) is 14.4 Å². The highest BCUT2D eigenvalue weighted by Crippen LogP contribution is 2.26. The molecule has 0 radical (unpaired) electrons. The van der Waals surface area contributed by atoms with E-state index in [1.165, 1.54) is 44.4 Å². The molecule has 0 fully saturated rings. The molecule has 0 spiro atoms. The van der Waals surface area contributed by atoms with Crippen LogP contribution in [0.1, 0.15) is 30.7 Å². The molecule has 0 bridgehead atoms. The van der Waals surface area contributed by atoms with Gasteiger partial charge in [0.15, 0.2) is 23.1 Å². The predicted molar refractivity (Wildman–Crippen MR) is 162 cm³/mol. The maximum absolute atomic E-state index is 12.4. The van der Waals surface area contributed by atoms with Crippen molar-refractivity contribution >= 4 is 74.7 Å². The molecule has 0 aliphatic rings. The summed E-state index contributed by atoms with van der Waals surface area (Å²) < 4.78 is 6.51. The minimum atomic E-state index is -0.330. The number of aromatic hydroxyl groups is 2. The van der Waals surface area contributed by atoms with E-state index in [0.29, 0.717) is 16.6 Å². The standard InChI is InChI=1S/C21H21N3O4.C7H7BrN2O2.ClH/c1-13-16-6-4-5-7-18(16)28-19(13)12-24(3)20(27)9-8-15-10-17(26)21(22-11-15)23-14(2)25;1-4(11)10-7-6(12)2-5(8)3-9-7;/h4-11,26H,12H2,1-3H3,(H,22,23,25);2-3,12H,1H3,(H,9,10,11);1H/b9-8+;;. The zero-order valence-corrected chi connectivity index (χ0v) is 25.0. The van der Waals surface area contributed by atoms with Gasteiger partial charge in [0.2, 0.25) is 17.7 Å². The van der Waals surface area contributed by atoms with Crippen molar-refractivity contribution in [3.8, 4) is 11.5 Å². The number of carbonyl (C=O) groups is 3. The van der Waals surface area contributed by atoms with Crippen molar-refractivity contribution in [3.05, 3.63) is 76.2 Å². The number of hydrogen-bond donors (Lipinski definition) is 4. The first kappa shape index (κ1) is 32.8. The Labute approximate surface area is 250 Å². The Morgan fingerprint density at radius 3 is 2.15 bits per heavy atom. The lowest BCUT2D eigenvalue weighted by molar-refractivity contribution is -0.125. The molecule has 4 N–H and O–H groups in total. The van der Waals surface area contributed by atoms with Gasteiger partial charge in [0.1, 0.15) is 11.3 Å². The van der Waals surface area contributed by atoms with Crippen LogP contribution in [0.2, 0.25) is 0 Å². The monoisotopic (exact) mass is 645 g/mol. The van der Waals surface area contributed by atoms with Gasteiger partial charge in [0.25, 0.3) is 0 Å². The number of rotatable bonds is 6. The number of aryl methyl sites for hydroxylation is 1. The number of furan rings is 1. The third-order valence-electron chi connectivity index (χ3n) is 5.43. The lowest BCUT2D eigenvalue weighted by atomic mass is 10.1. The van der Waals surface area contributed by atoms with Crippen molar-refractivity contribution in [1.29, 1.82) is 0 Å². The third kappa shape index (κ3) is 9.33. The molecule has 0 aliphatic carbocycles. The molecule has 3 heterocycles. The summed E-state index contributed by atoms with van der Waals surface area (Å²) in [5, 5.41) is 25.0. The number of amides is 3. The summed E-state index contributed by atoms with van der Waals surface area (Å²) in [6.07, 6.45) is 5.89. The van der Waals surface area contributed by atoms with Crippen LogP contribution in [0.15, 0.2) is 63.8 Å². The van der Waals surface area contributed by atoms with Crippen molar-refractivity contribution in [1.82, 2.24) is 14.9 Å². The molecule has 0 aliphatic heterocycles. The van der Waals surface area contributed by atoms with Crippen LogP contribution in [0.5, 0.6) is 11.5 Å². The average molecular weight is 647 g/mol. The maximum Gasteiger partial charge on any atom is 0.246 e. The van der Waals surface area contributed by atoms with E-state index in [2.05, 4.69) is 36.5 Å². The fraction of sp³-hybridized carbons (Fsp3) is 0.179. The zero-order valence-electron chi connectivity index (χ0n) is 22.6. The minimum Gasteiger partial charge on any atom is -0.504 e. The van der Waals surface area contributed by atoms with Gasteiger partial charge in [-0.15, -0.1) is 12.4 Å². The van der Waals surface area contributed by atoms with Gasteiger partial charge in [-0.2, -0.15) is 0 Å². The summed E-state index contributed by atoms with van der Waals surface area (Å²) in [4.78, 5) is 43.3. The minimum absolute atomic E-state index is 0. The number of halogens is 2. The molecule has 0 saturated heterocycles. The zero-order chi connectivity index (χ0) is 29.4. The largest absolute Gasteiger partial charge is 0.504 e. The highest BCUT2D eigenvalue weighted by atomic mass is 79.9. The number of para-hydroxylation sites is 1. The van der Waals surface area contributed by atoms with Crippen LogP contribution in [0.3, 0.4) is 0 Å². The summed E-state index contributed by atoms with van der Waals surface area (Å²) in [6.45, 7) is 4.99. The van der Waals surface area contributed by atoms with Crippen molar-refractivity contribution in [2.75, 3.05) is 17.7 Å². The van der Waals surface area contributed by atoms with Crippen LogP contribution < -0.4 is 10.6 Å². The summed E-state index contributed by atoms with van der Waals surface area (Å²) in [7, 11) is 1.69. The second-order valence-corrected chi connectivity index (χ2v) is 9.61. The van der Waals surface area contributed by atoms with Crippen LogP contribution >= 0.6 is 28.3 Å². The highest BCUT2D eigenvalue weighted by molar-refractivity contribution is 9.10. The maximum atomic E-state index is 12.4. The number of likely N-dealkylation sites (N-methyl/N-ethyl adjacent to an activating group) is 1. The van der Waals surface area contributed by atoms with Crippen LogP contribution in [0.25, 0.3) is 17.0 Å². The Morgan fingerprint density at radius 2 is 1.59 bits per heavy atom. The number of aromatic nitrogens is 2. The second kappa shape index (κ2) is 14.8. The van der Waals surface area contributed by atoms with E-state index >= 15 is 0 Å². The van der Waals surface area contributed by atoms with Crippen LogP contribution in [0, 0.1) is 6.92 Å². The van der Waals surface area contributed by atoms with Crippen molar-refractivity contribution in [2.45, 2.75) is 27.3 Å². The third-order valence-corrected chi connectivity index (χ3v) is 5.86. The molecule has 11 nitrogen and oxygen atoms in total. The molecule has 0 saturated carbocycles. The Morgan fingerprint density at radius 1 is 1.00 bits per heavy atom. The molecule has 0 unspecified atom stereocenters. The van der Waals surface area contributed by atoms with Gasteiger partial charge >= 0.3 is 0 Å². The summed E-state index contributed by atoms with van der Waals surface area (Å²) in [6, 6.07) is 10.6. The van der Waals surface area contributed by atoms with Gasteiger partial charge in [-0.05, 0) is 52.7 Å². The molecule has 3 amide bonds. The Hall–Kier alpha value is -4.42. The van der Waals surface area contributed by atoms with Gasteiger partial charge in [0.05, 0.1) is 6.54 Å². The van der Waals surface area contributed by atoms with Crippen molar-refractivity contribution in [2.24, 2.45) is 0 Å². The molecule has 4 aromatic rings. The van der Waals surface area contributed by atoms with Crippen LogP contribution in [-0.4, -0.2) is 49.9 Å². The Balaban J connectivity index is 0.000000381. The van der Waals surface area contributed by atoms with E-state index in [1.54, 1.807) is 18.0 Å². The number of nitrogens with one attached hydrogen (secondary N) is 2. The van der Waals surface area contributed by atoms with E-state index in [-0.39, 0.29) is 53.3 Å². The fourth-order valence-corrected chi connectivity index (χ4v) is 3.80. The molecule has 216 valence electrons. The molecule has 1 aromatic carbocycles. The van der Waals surface area contributed by atoms with Gasteiger partial charge in [-0.1, -0.05) is 18.2 Å². The number of fused-ring (bicyclic) bond motifs is 1. The Kier molecular flexibility index (Phi) is 11.9. The number of hydrogen-bond acceptors (Lipinski definition) is 8. The average Bonchev–Trinajstić information content (AvgIpc) is 3.20. The molecule has 4 rings (SSSR count). The normalized spacial score (nSPS) is 10.4. The van der Waals surface area contributed by atoms with E-state index in [0.717, 1.165) is 22.3 Å². The lowest BCUT2D eigenvalue weighted by Crippen LogP contribution is -2.24. The number of carbonyl (C=O) groups excluding carboxylic acids is 3.